The minimum atomic E-state index is -0.682. The monoisotopic (exact) mass is 197 g/mol. The third-order valence-electron chi connectivity index (χ3n) is 2.25. The van der Waals surface area contributed by atoms with E-state index in [4.69, 9.17) is 5.73 Å². The summed E-state index contributed by atoms with van der Waals surface area (Å²) in [6.07, 6.45) is 1.68. The molecule has 1 heterocycles. The number of hydrogen-bond acceptors (Lipinski definition) is 4. The van der Waals surface area contributed by atoms with Gasteiger partial charge in [0.15, 0.2) is 0 Å². The number of carbonyl (C=O) groups is 1. The van der Waals surface area contributed by atoms with Crippen LogP contribution in [-0.2, 0) is 9.53 Å². The third kappa shape index (κ3) is 1.93. The zero-order valence-electron chi connectivity index (χ0n) is 8.60. The van der Waals surface area contributed by atoms with E-state index in [1.165, 1.54) is 7.11 Å². The quantitative estimate of drug-likeness (QED) is 0.705. The fraction of sp³-hybridized carbons (Fsp3) is 0.556. The van der Waals surface area contributed by atoms with Gasteiger partial charge in [-0.3, -0.25) is 9.48 Å². The Labute approximate surface area is 82.8 Å². The molecule has 0 aliphatic heterocycles. The van der Waals surface area contributed by atoms with Gasteiger partial charge in [0.2, 0.25) is 0 Å². The fourth-order valence-corrected chi connectivity index (χ4v) is 1.29. The molecule has 0 spiro atoms. The predicted octanol–water partition coefficient (Wildman–Crippen LogP) is 0.253. The zero-order chi connectivity index (χ0) is 10.7. The van der Waals surface area contributed by atoms with Gasteiger partial charge in [-0.05, 0) is 19.9 Å². The molecule has 1 aromatic heterocycles. The van der Waals surface area contributed by atoms with Crippen LogP contribution in [0.3, 0.4) is 0 Å². The van der Waals surface area contributed by atoms with E-state index in [1.807, 2.05) is 19.9 Å². The largest absolute Gasteiger partial charge is 0.468 e. The highest BCUT2D eigenvalue weighted by molar-refractivity contribution is 5.75. The first-order valence-electron chi connectivity index (χ1n) is 4.41. The number of aryl methyl sites for hydroxylation is 1. The van der Waals surface area contributed by atoms with Crippen LogP contribution in [0.25, 0.3) is 0 Å². The van der Waals surface area contributed by atoms with Crippen molar-refractivity contribution in [1.82, 2.24) is 9.78 Å². The summed E-state index contributed by atoms with van der Waals surface area (Å²) in [7, 11) is 1.32. The Balaban J connectivity index is 2.80. The summed E-state index contributed by atoms with van der Waals surface area (Å²) in [5, 5.41) is 4.08. The van der Waals surface area contributed by atoms with Gasteiger partial charge in [0.1, 0.15) is 6.04 Å². The minimum Gasteiger partial charge on any atom is -0.468 e. The van der Waals surface area contributed by atoms with E-state index in [0.29, 0.717) is 0 Å². The number of rotatable bonds is 3. The Kier molecular flexibility index (Phi) is 3.24. The summed E-state index contributed by atoms with van der Waals surface area (Å²) >= 11 is 0. The first kappa shape index (κ1) is 10.7. The summed E-state index contributed by atoms with van der Waals surface area (Å²) in [6, 6.07) is 0.983. The molecular formula is C9H15N3O2. The molecule has 0 saturated heterocycles. The molecule has 0 saturated carbocycles. The Morgan fingerprint density at radius 1 is 1.71 bits per heavy atom. The number of esters is 1. The molecule has 14 heavy (non-hydrogen) atoms. The maximum absolute atomic E-state index is 11.2. The third-order valence-corrected chi connectivity index (χ3v) is 2.25. The van der Waals surface area contributed by atoms with E-state index in [-0.39, 0.29) is 6.04 Å². The maximum atomic E-state index is 11.2. The van der Waals surface area contributed by atoms with Gasteiger partial charge in [-0.25, -0.2) is 0 Å². The Morgan fingerprint density at radius 2 is 2.36 bits per heavy atom. The molecule has 1 rings (SSSR count). The molecule has 0 radical (unpaired) electrons. The lowest BCUT2D eigenvalue weighted by atomic mass is 10.1. The highest BCUT2D eigenvalue weighted by Crippen LogP contribution is 2.11. The molecular weight excluding hydrogens is 182 g/mol. The van der Waals surface area contributed by atoms with Crippen LogP contribution in [0, 0.1) is 6.92 Å². The number of nitrogens with zero attached hydrogens (tertiary/aromatic N) is 2. The number of nitrogens with two attached hydrogens (primary N) is 1. The molecule has 0 fully saturated rings. The van der Waals surface area contributed by atoms with E-state index in [1.54, 1.807) is 10.9 Å². The molecule has 5 nitrogen and oxygen atoms in total. The van der Waals surface area contributed by atoms with Crippen LogP contribution >= 0.6 is 0 Å². The molecule has 0 aliphatic rings. The minimum absolute atomic E-state index is 0.197. The van der Waals surface area contributed by atoms with Crippen LogP contribution in [0.15, 0.2) is 12.3 Å². The normalized spacial score (nSPS) is 14.9. The first-order valence-corrected chi connectivity index (χ1v) is 4.41. The molecule has 2 unspecified atom stereocenters. The van der Waals surface area contributed by atoms with Crippen LogP contribution < -0.4 is 5.73 Å². The van der Waals surface area contributed by atoms with Crippen molar-refractivity contribution in [3.8, 4) is 0 Å². The second kappa shape index (κ2) is 4.23. The van der Waals surface area contributed by atoms with Crippen LogP contribution in [0.1, 0.15) is 18.7 Å². The van der Waals surface area contributed by atoms with Crippen LogP contribution in [-0.4, -0.2) is 28.9 Å². The fourth-order valence-electron chi connectivity index (χ4n) is 1.29. The lowest BCUT2D eigenvalue weighted by Crippen LogP contribution is -2.39. The first-order chi connectivity index (χ1) is 6.57. The highest BCUT2D eigenvalue weighted by Gasteiger charge is 2.23. The number of hydrogen-bond donors (Lipinski definition) is 1. The molecule has 5 heteroatoms. The molecule has 2 N–H and O–H groups in total. The van der Waals surface area contributed by atoms with Gasteiger partial charge in [0.05, 0.1) is 13.2 Å². The van der Waals surface area contributed by atoms with Crippen molar-refractivity contribution >= 4 is 5.97 Å². The second-order valence-electron chi connectivity index (χ2n) is 3.21. The average Bonchev–Trinajstić information content (AvgIpc) is 2.61. The number of ether oxygens (including phenoxy) is 1. The van der Waals surface area contributed by atoms with Crippen LogP contribution in [0.2, 0.25) is 0 Å². The summed E-state index contributed by atoms with van der Waals surface area (Å²) in [6.45, 7) is 3.75. The van der Waals surface area contributed by atoms with Crippen molar-refractivity contribution in [2.45, 2.75) is 25.9 Å². The molecule has 0 amide bonds. The van der Waals surface area contributed by atoms with Crippen molar-refractivity contribution in [2.75, 3.05) is 7.11 Å². The van der Waals surface area contributed by atoms with E-state index in [2.05, 4.69) is 9.84 Å². The Hall–Kier alpha value is -1.36. The van der Waals surface area contributed by atoms with E-state index >= 15 is 0 Å². The van der Waals surface area contributed by atoms with Crippen molar-refractivity contribution in [3.05, 3.63) is 18.0 Å². The van der Waals surface area contributed by atoms with Crippen molar-refractivity contribution in [1.29, 1.82) is 0 Å². The van der Waals surface area contributed by atoms with Crippen molar-refractivity contribution in [3.63, 3.8) is 0 Å². The van der Waals surface area contributed by atoms with Gasteiger partial charge in [-0.1, -0.05) is 0 Å². The topological polar surface area (TPSA) is 70.1 Å². The lowest BCUT2D eigenvalue weighted by Gasteiger charge is -2.19. The van der Waals surface area contributed by atoms with Gasteiger partial charge in [-0.15, -0.1) is 0 Å². The van der Waals surface area contributed by atoms with Gasteiger partial charge < -0.3 is 10.5 Å². The molecule has 0 aliphatic carbocycles. The number of aromatic nitrogens is 2. The molecule has 0 bridgehead atoms. The van der Waals surface area contributed by atoms with Crippen molar-refractivity contribution in [2.24, 2.45) is 5.73 Å². The van der Waals surface area contributed by atoms with Crippen LogP contribution in [0.4, 0.5) is 0 Å². The summed E-state index contributed by atoms with van der Waals surface area (Å²) < 4.78 is 6.28. The van der Waals surface area contributed by atoms with Gasteiger partial charge in [0.25, 0.3) is 0 Å². The highest BCUT2D eigenvalue weighted by atomic mass is 16.5. The summed E-state index contributed by atoms with van der Waals surface area (Å²) in [4.78, 5) is 11.2. The van der Waals surface area contributed by atoms with Gasteiger partial charge >= 0.3 is 5.97 Å². The predicted molar refractivity (Wildman–Crippen MR) is 51.7 cm³/mol. The smallest absolute Gasteiger partial charge is 0.324 e. The van der Waals surface area contributed by atoms with Gasteiger partial charge in [0, 0.05) is 11.9 Å². The maximum Gasteiger partial charge on any atom is 0.324 e. The van der Waals surface area contributed by atoms with E-state index in [9.17, 15) is 4.79 Å². The molecule has 78 valence electrons. The summed E-state index contributed by atoms with van der Waals surface area (Å²) in [5.74, 6) is -0.424. The summed E-state index contributed by atoms with van der Waals surface area (Å²) in [5.41, 5.74) is 6.67. The molecule has 2 atom stereocenters. The Bertz CT molecular complexity index is 322. The number of carbonyl (C=O) groups excluding carboxylic acids is 1. The average molecular weight is 197 g/mol. The SMILES string of the molecule is COC(=O)C(N)C(C)n1nccc1C. The van der Waals surface area contributed by atoms with E-state index < -0.39 is 12.0 Å². The van der Waals surface area contributed by atoms with Crippen molar-refractivity contribution < 1.29 is 9.53 Å². The zero-order valence-corrected chi connectivity index (χ0v) is 8.60. The molecule has 0 aromatic carbocycles. The van der Waals surface area contributed by atoms with Crippen LogP contribution in [0.5, 0.6) is 0 Å². The number of methoxy groups -OCH3 is 1. The second-order valence-corrected chi connectivity index (χ2v) is 3.21. The lowest BCUT2D eigenvalue weighted by molar-refractivity contribution is -0.143. The standard InChI is InChI=1S/C9H15N3O2/c1-6-4-5-11-12(6)7(2)8(10)9(13)14-3/h4-5,7-8H,10H2,1-3H3. The van der Waals surface area contributed by atoms with Gasteiger partial charge in [-0.2, -0.15) is 5.10 Å². The van der Waals surface area contributed by atoms with E-state index in [0.717, 1.165) is 5.69 Å². The Morgan fingerprint density at radius 3 is 2.79 bits per heavy atom. The molecule has 1 aromatic rings.